The van der Waals surface area contributed by atoms with Crippen molar-refractivity contribution < 1.29 is 4.79 Å². The summed E-state index contributed by atoms with van der Waals surface area (Å²) in [5, 5.41) is 0.155. The second-order valence-electron chi connectivity index (χ2n) is 3.39. The first-order valence-corrected chi connectivity index (χ1v) is 5.00. The van der Waals surface area contributed by atoms with Crippen molar-refractivity contribution in [3.8, 4) is 0 Å². The topological polar surface area (TPSA) is 46.1 Å². The van der Waals surface area contributed by atoms with Crippen LogP contribution in [0, 0.1) is 5.92 Å². The van der Waals surface area contributed by atoms with Crippen molar-refractivity contribution in [3.05, 3.63) is 30.2 Å². The second-order valence-corrected chi connectivity index (χ2v) is 3.73. The van der Waals surface area contributed by atoms with Crippen LogP contribution < -0.4 is 4.90 Å². The van der Waals surface area contributed by atoms with Crippen molar-refractivity contribution in [2.24, 2.45) is 5.92 Å². The minimum Gasteiger partial charge on any atom is -0.296 e. The van der Waals surface area contributed by atoms with E-state index < -0.39 is 0 Å². The van der Waals surface area contributed by atoms with Crippen molar-refractivity contribution in [3.63, 3.8) is 0 Å². The Labute approximate surface area is 92.6 Å². The van der Waals surface area contributed by atoms with E-state index in [1.807, 2.05) is 0 Å². The molecule has 0 aliphatic carbocycles. The first-order valence-electron chi connectivity index (χ1n) is 4.62. The smallest absolute Gasteiger partial charge is 0.228 e. The summed E-state index contributed by atoms with van der Waals surface area (Å²) in [5.74, 6) is 0.810. The van der Waals surface area contributed by atoms with Crippen molar-refractivity contribution >= 4 is 23.3 Å². The normalized spacial score (nSPS) is 20.7. The number of nitrogens with zero attached hydrogens (tertiary/aromatic N) is 3. The number of amides is 1. The van der Waals surface area contributed by atoms with Crippen molar-refractivity contribution in [2.45, 2.75) is 6.42 Å². The van der Waals surface area contributed by atoms with E-state index in [4.69, 9.17) is 11.6 Å². The van der Waals surface area contributed by atoms with Crippen molar-refractivity contribution in [2.75, 3.05) is 11.4 Å². The summed E-state index contributed by atoms with van der Waals surface area (Å²) in [6, 6.07) is 1.68. The number of aromatic nitrogens is 2. The number of carbonyl (C=O) groups excluding carboxylic acids is 1. The Morgan fingerprint density at radius 1 is 1.67 bits per heavy atom. The molecule has 1 saturated heterocycles. The van der Waals surface area contributed by atoms with Crippen LogP contribution in [-0.2, 0) is 4.79 Å². The molecule has 0 spiro atoms. The van der Waals surface area contributed by atoms with Gasteiger partial charge < -0.3 is 0 Å². The number of halogens is 1. The Hall–Kier alpha value is -1.42. The quantitative estimate of drug-likeness (QED) is 0.566. The van der Waals surface area contributed by atoms with Gasteiger partial charge in [-0.25, -0.2) is 9.97 Å². The van der Waals surface area contributed by atoms with E-state index in [0.717, 1.165) is 0 Å². The standard InChI is InChI=1S/C10H10ClN3O/c1-2-7-5-9(15)14(6-7)8-3-4-12-10(11)13-8/h2-4,7H,1,5-6H2. The summed E-state index contributed by atoms with van der Waals surface area (Å²) >= 11 is 5.66. The highest BCUT2D eigenvalue weighted by molar-refractivity contribution is 6.28. The highest BCUT2D eigenvalue weighted by atomic mass is 35.5. The van der Waals surface area contributed by atoms with Crippen LogP contribution in [0.4, 0.5) is 5.82 Å². The fraction of sp³-hybridized carbons (Fsp3) is 0.300. The molecule has 2 rings (SSSR count). The zero-order valence-corrected chi connectivity index (χ0v) is 8.81. The monoisotopic (exact) mass is 223 g/mol. The van der Waals surface area contributed by atoms with Crippen LogP contribution >= 0.6 is 11.6 Å². The van der Waals surface area contributed by atoms with Crippen LogP contribution in [0.15, 0.2) is 24.9 Å². The molecule has 78 valence electrons. The van der Waals surface area contributed by atoms with E-state index in [1.54, 1.807) is 23.2 Å². The van der Waals surface area contributed by atoms with E-state index in [-0.39, 0.29) is 17.1 Å². The van der Waals surface area contributed by atoms with Gasteiger partial charge in [-0.15, -0.1) is 6.58 Å². The lowest BCUT2D eigenvalue weighted by Gasteiger charge is -2.14. The molecule has 0 bridgehead atoms. The molecular formula is C10H10ClN3O. The predicted molar refractivity (Wildman–Crippen MR) is 57.7 cm³/mol. The predicted octanol–water partition coefficient (Wildman–Crippen LogP) is 1.67. The highest BCUT2D eigenvalue weighted by Crippen LogP contribution is 2.24. The van der Waals surface area contributed by atoms with Gasteiger partial charge in [0.25, 0.3) is 0 Å². The number of hydrogen-bond acceptors (Lipinski definition) is 3. The molecular weight excluding hydrogens is 214 g/mol. The summed E-state index contributed by atoms with van der Waals surface area (Å²) in [6.45, 7) is 4.31. The Balaban J connectivity index is 2.25. The minimum absolute atomic E-state index is 0.0506. The summed E-state index contributed by atoms with van der Waals surface area (Å²) in [5.41, 5.74) is 0. The van der Waals surface area contributed by atoms with Crippen LogP contribution in [0.3, 0.4) is 0 Å². The van der Waals surface area contributed by atoms with E-state index in [2.05, 4.69) is 16.5 Å². The fourth-order valence-electron chi connectivity index (χ4n) is 1.59. The Morgan fingerprint density at radius 2 is 2.47 bits per heavy atom. The molecule has 1 amide bonds. The zero-order valence-electron chi connectivity index (χ0n) is 8.06. The van der Waals surface area contributed by atoms with Gasteiger partial charge in [0.05, 0.1) is 0 Å². The Bertz CT molecular complexity index is 407. The molecule has 0 aromatic carbocycles. The molecule has 0 radical (unpaired) electrons. The van der Waals surface area contributed by atoms with E-state index in [0.29, 0.717) is 18.8 Å². The van der Waals surface area contributed by atoms with Gasteiger partial charge in [-0.2, -0.15) is 0 Å². The van der Waals surface area contributed by atoms with Gasteiger partial charge >= 0.3 is 0 Å². The van der Waals surface area contributed by atoms with E-state index in [9.17, 15) is 4.79 Å². The number of rotatable bonds is 2. The zero-order chi connectivity index (χ0) is 10.8. The van der Waals surface area contributed by atoms with Gasteiger partial charge in [-0.1, -0.05) is 6.08 Å². The average Bonchev–Trinajstić information content (AvgIpc) is 2.60. The molecule has 2 heterocycles. The summed E-state index contributed by atoms with van der Waals surface area (Å²) in [6.07, 6.45) is 3.82. The average molecular weight is 224 g/mol. The van der Waals surface area contributed by atoms with Gasteiger partial charge in [-0.05, 0) is 17.7 Å². The lowest BCUT2D eigenvalue weighted by Crippen LogP contribution is -2.25. The molecule has 1 aromatic heterocycles. The van der Waals surface area contributed by atoms with Gasteiger partial charge in [0.2, 0.25) is 11.2 Å². The lowest BCUT2D eigenvalue weighted by molar-refractivity contribution is -0.117. The Morgan fingerprint density at radius 3 is 3.07 bits per heavy atom. The number of anilines is 1. The summed E-state index contributed by atoms with van der Waals surface area (Å²) in [4.78, 5) is 21.0. The van der Waals surface area contributed by atoms with Gasteiger partial charge in [0.1, 0.15) is 5.82 Å². The van der Waals surface area contributed by atoms with E-state index in [1.165, 1.54) is 0 Å². The largest absolute Gasteiger partial charge is 0.296 e. The molecule has 4 nitrogen and oxygen atoms in total. The van der Waals surface area contributed by atoms with Crippen LogP contribution in [0.25, 0.3) is 0 Å². The molecule has 1 fully saturated rings. The van der Waals surface area contributed by atoms with Crippen molar-refractivity contribution in [1.82, 2.24) is 9.97 Å². The fourth-order valence-corrected chi connectivity index (χ4v) is 1.73. The minimum atomic E-state index is 0.0506. The molecule has 1 aromatic rings. The third-order valence-electron chi connectivity index (χ3n) is 2.38. The molecule has 5 heteroatoms. The maximum absolute atomic E-state index is 11.6. The number of carbonyl (C=O) groups is 1. The van der Waals surface area contributed by atoms with Gasteiger partial charge in [0.15, 0.2) is 0 Å². The van der Waals surface area contributed by atoms with Gasteiger partial charge in [-0.3, -0.25) is 9.69 Å². The molecule has 1 aliphatic rings. The maximum Gasteiger partial charge on any atom is 0.228 e. The highest BCUT2D eigenvalue weighted by Gasteiger charge is 2.29. The molecule has 0 saturated carbocycles. The SMILES string of the molecule is C=CC1CC(=O)N(c2ccnc(Cl)n2)C1. The maximum atomic E-state index is 11.6. The van der Waals surface area contributed by atoms with E-state index >= 15 is 0 Å². The van der Waals surface area contributed by atoms with Crippen LogP contribution in [0.2, 0.25) is 5.28 Å². The second kappa shape index (κ2) is 3.98. The van der Waals surface area contributed by atoms with Gasteiger partial charge in [0, 0.05) is 25.1 Å². The first kappa shape index (κ1) is 10.1. The molecule has 1 aliphatic heterocycles. The summed E-state index contributed by atoms with van der Waals surface area (Å²) in [7, 11) is 0. The Kier molecular flexibility index (Phi) is 2.68. The number of hydrogen-bond donors (Lipinski definition) is 0. The molecule has 15 heavy (non-hydrogen) atoms. The first-order chi connectivity index (χ1) is 7.20. The molecule has 0 N–H and O–H groups in total. The third kappa shape index (κ3) is 1.99. The molecule has 1 atom stereocenters. The van der Waals surface area contributed by atoms with Crippen LogP contribution in [-0.4, -0.2) is 22.4 Å². The third-order valence-corrected chi connectivity index (χ3v) is 2.56. The van der Waals surface area contributed by atoms with Crippen LogP contribution in [0.1, 0.15) is 6.42 Å². The molecule has 1 unspecified atom stereocenters. The van der Waals surface area contributed by atoms with Crippen LogP contribution in [0.5, 0.6) is 0 Å². The lowest BCUT2D eigenvalue weighted by atomic mass is 10.1. The summed E-state index contributed by atoms with van der Waals surface area (Å²) < 4.78 is 0. The van der Waals surface area contributed by atoms with Crippen molar-refractivity contribution in [1.29, 1.82) is 0 Å².